The number of benzene rings is 3. The number of hydrogen-bond acceptors (Lipinski definition) is 6. The van der Waals surface area contributed by atoms with Crippen LogP contribution >= 0.6 is 11.9 Å². The highest BCUT2D eigenvalue weighted by Crippen LogP contribution is 2.29. The minimum absolute atomic E-state index is 0.575. The number of nitrogens with one attached hydrogen (secondary N) is 1. The highest BCUT2D eigenvalue weighted by atomic mass is 32.2. The average molecular weight is 468 g/mol. The molecule has 0 aliphatic carbocycles. The van der Waals surface area contributed by atoms with Gasteiger partial charge >= 0.3 is 0 Å². The van der Waals surface area contributed by atoms with Crippen LogP contribution in [0, 0.1) is 0 Å². The number of rotatable bonds is 10. The Balaban J connectivity index is 1.26. The Morgan fingerprint density at radius 1 is 0.882 bits per heavy atom. The van der Waals surface area contributed by atoms with Crippen LogP contribution in [0.25, 0.3) is 16.8 Å². The molecular weight excluding hydrogens is 438 g/mol. The van der Waals surface area contributed by atoms with Crippen LogP contribution < -0.4 is 16.3 Å². The number of nitrogens with zero attached hydrogens (tertiary/aromatic N) is 2. The van der Waals surface area contributed by atoms with E-state index in [1.54, 1.807) is 35.6 Å². The number of nitrogens with two attached hydrogens (primary N) is 2. The molecular formula is C28H29N5S. The van der Waals surface area contributed by atoms with Crippen molar-refractivity contribution in [1.29, 1.82) is 0 Å². The van der Waals surface area contributed by atoms with Crippen LogP contribution in [0.5, 0.6) is 0 Å². The molecule has 0 fully saturated rings. The Labute approximate surface area is 205 Å². The lowest BCUT2D eigenvalue weighted by molar-refractivity contribution is 0.388. The molecule has 0 unspecified atom stereocenters. The first-order chi connectivity index (χ1) is 16.7. The van der Waals surface area contributed by atoms with Gasteiger partial charge in [-0.1, -0.05) is 72.8 Å². The predicted molar refractivity (Wildman–Crippen MR) is 142 cm³/mol. The summed E-state index contributed by atoms with van der Waals surface area (Å²) in [6.07, 6.45) is 6.12. The minimum Gasteiger partial charge on any atom is -0.397 e. The maximum Gasteiger partial charge on any atom is 0.0586 e. The Kier molecular flexibility index (Phi) is 8.35. The molecule has 34 heavy (non-hydrogen) atoms. The van der Waals surface area contributed by atoms with Gasteiger partial charge in [-0.3, -0.25) is 9.71 Å². The van der Waals surface area contributed by atoms with Crippen LogP contribution in [0.4, 0.5) is 0 Å². The van der Waals surface area contributed by atoms with Crippen molar-refractivity contribution in [3.63, 3.8) is 0 Å². The van der Waals surface area contributed by atoms with Crippen molar-refractivity contribution in [3.05, 3.63) is 126 Å². The molecule has 1 heterocycles. The first-order valence-corrected chi connectivity index (χ1v) is 12.0. The van der Waals surface area contributed by atoms with E-state index in [0.29, 0.717) is 12.2 Å². The van der Waals surface area contributed by atoms with E-state index in [0.717, 1.165) is 24.1 Å². The summed E-state index contributed by atoms with van der Waals surface area (Å²) in [5.41, 5.74) is 12.4. The lowest BCUT2D eigenvalue weighted by Gasteiger charge is -2.15. The second-order valence-electron chi connectivity index (χ2n) is 7.92. The number of hydrazine groups is 1. The quantitative estimate of drug-likeness (QED) is 0.128. The van der Waals surface area contributed by atoms with Gasteiger partial charge in [0.25, 0.3) is 0 Å². The summed E-state index contributed by atoms with van der Waals surface area (Å²) in [6, 6.07) is 31.3. The number of aromatic nitrogens is 1. The molecule has 6 heteroatoms. The SMILES string of the molecule is N/C(=C\N(N)Cc1ccc(CCNSc2ccccc2-c2ccccc2)cc1)c1cccnc1. The Morgan fingerprint density at radius 2 is 1.62 bits per heavy atom. The molecule has 0 aliphatic rings. The molecule has 0 aliphatic heterocycles. The summed E-state index contributed by atoms with van der Waals surface area (Å²) in [4.78, 5) is 5.31. The second-order valence-corrected chi connectivity index (χ2v) is 8.86. The number of pyridine rings is 1. The van der Waals surface area contributed by atoms with Crippen LogP contribution in [0.1, 0.15) is 16.7 Å². The summed E-state index contributed by atoms with van der Waals surface area (Å²) >= 11 is 1.68. The normalized spacial score (nSPS) is 11.4. The zero-order valence-corrected chi connectivity index (χ0v) is 19.8. The molecule has 0 saturated heterocycles. The van der Waals surface area contributed by atoms with Gasteiger partial charge in [-0.2, -0.15) is 0 Å². The number of hydrogen-bond donors (Lipinski definition) is 3. The third kappa shape index (κ3) is 6.71. The van der Waals surface area contributed by atoms with Crippen LogP contribution in [0.2, 0.25) is 0 Å². The van der Waals surface area contributed by atoms with Gasteiger partial charge in [-0.15, -0.1) is 0 Å². The molecule has 0 radical (unpaired) electrons. The Bertz CT molecular complexity index is 1190. The van der Waals surface area contributed by atoms with Crippen LogP contribution in [0.15, 0.2) is 114 Å². The van der Waals surface area contributed by atoms with E-state index in [9.17, 15) is 0 Å². The van der Waals surface area contributed by atoms with Crippen molar-refractivity contribution in [2.75, 3.05) is 6.54 Å². The zero-order valence-electron chi connectivity index (χ0n) is 19.0. The first-order valence-electron chi connectivity index (χ1n) is 11.2. The van der Waals surface area contributed by atoms with Crippen molar-refractivity contribution in [2.24, 2.45) is 11.6 Å². The molecule has 172 valence electrons. The molecule has 4 aromatic rings. The first kappa shape index (κ1) is 23.6. The zero-order chi connectivity index (χ0) is 23.6. The van der Waals surface area contributed by atoms with Crippen LogP contribution in [-0.2, 0) is 13.0 Å². The van der Waals surface area contributed by atoms with Crippen molar-refractivity contribution in [1.82, 2.24) is 14.7 Å². The van der Waals surface area contributed by atoms with E-state index in [-0.39, 0.29) is 0 Å². The topological polar surface area (TPSA) is 80.2 Å². The predicted octanol–water partition coefficient (Wildman–Crippen LogP) is 5.22. The van der Waals surface area contributed by atoms with E-state index in [4.69, 9.17) is 11.6 Å². The summed E-state index contributed by atoms with van der Waals surface area (Å²) < 4.78 is 3.51. The summed E-state index contributed by atoms with van der Waals surface area (Å²) in [5.74, 6) is 6.13. The molecule has 4 rings (SSSR count). The van der Waals surface area contributed by atoms with Crippen molar-refractivity contribution in [2.45, 2.75) is 17.9 Å². The molecule has 0 amide bonds. The lowest BCUT2D eigenvalue weighted by atomic mass is 10.1. The highest BCUT2D eigenvalue weighted by Gasteiger charge is 2.05. The van der Waals surface area contributed by atoms with Crippen molar-refractivity contribution < 1.29 is 0 Å². The van der Waals surface area contributed by atoms with E-state index in [1.807, 2.05) is 18.2 Å². The van der Waals surface area contributed by atoms with Gasteiger partial charge in [0.15, 0.2) is 0 Å². The highest BCUT2D eigenvalue weighted by molar-refractivity contribution is 7.97. The van der Waals surface area contributed by atoms with Crippen molar-refractivity contribution in [3.8, 4) is 11.1 Å². The third-order valence-corrected chi connectivity index (χ3v) is 6.28. The summed E-state index contributed by atoms with van der Waals surface area (Å²) in [7, 11) is 0. The van der Waals surface area contributed by atoms with E-state index in [2.05, 4.69) is 82.5 Å². The molecule has 0 atom stereocenters. The average Bonchev–Trinajstić information content (AvgIpc) is 2.89. The molecule has 0 spiro atoms. The Hall–Kier alpha value is -3.58. The van der Waals surface area contributed by atoms with Gasteiger partial charge in [0.05, 0.1) is 12.2 Å². The van der Waals surface area contributed by atoms with Gasteiger partial charge in [0.2, 0.25) is 0 Å². The van der Waals surface area contributed by atoms with Crippen LogP contribution in [-0.4, -0.2) is 16.5 Å². The molecule has 5 nitrogen and oxygen atoms in total. The fourth-order valence-electron chi connectivity index (χ4n) is 3.59. The van der Waals surface area contributed by atoms with Crippen molar-refractivity contribution >= 4 is 17.6 Å². The van der Waals surface area contributed by atoms with E-state index >= 15 is 0 Å². The summed E-state index contributed by atoms with van der Waals surface area (Å²) in [5, 5.41) is 1.60. The third-order valence-electron chi connectivity index (χ3n) is 5.36. The van der Waals surface area contributed by atoms with Gasteiger partial charge in [-0.05, 0) is 58.8 Å². The maximum atomic E-state index is 6.13. The molecule has 0 saturated carbocycles. The molecule has 5 N–H and O–H groups in total. The van der Waals surface area contributed by atoms with Gasteiger partial charge in [-0.25, -0.2) is 5.84 Å². The van der Waals surface area contributed by atoms with Gasteiger partial charge < -0.3 is 10.7 Å². The van der Waals surface area contributed by atoms with Gasteiger partial charge in [0.1, 0.15) is 0 Å². The van der Waals surface area contributed by atoms with E-state index < -0.39 is 0 Å². The largest absolute Gasteiger partial charge is 0.397 e. The molecule has 3 aromatic carbocycles. The maximum absolute atomic E-state index is 6.13. The summed E-state index contributed by atoms with van der Waals surface area (Å²) in [6.45, 7) is 1.45. The van der Waals surface area contributed by atoms with E-state index in [1.165, 1.54) is 21.6 Å². The monoisotopic (exact) mass is 467 g/mol. The Morgan fingerprint density at radius 3 is 2.38 bits per heavy atom. The van der Waals surface area contributed by atoms with Gasteiger partial charge in [0, 0.05) is 35.6 Å². The molecule has 0 bridgehead atoms. The fraction of sp³-hybridized carbons (Fsp3) is 0.107. The van der Waals surface area contributed by atoms with Crippen LogP contribution in [0.3, 0.4) is 0 Å². The fourth-order valence-corrected chi connectivity index (χ4v) is 4.39. The standard InChI is InChI=1S/C28H29N5S/c29-27(25-9-6-17-31-19-25)21-33(30)20-23-14-12-22(13-15-23)16-18-32-34-28-11-5-4-10-26(28)24-7-2-1-3-8-24/h1-15,17,19,21,32H,16,18,20,29-30H2/b27-21-. The minimum atomic E-state index is 0.575. The lowest BCUT2D eigenvalue weighted by Crippen LogP contribution is -2.25. The second kappa shape index (κ2) is 12.0. The smallest absolute Gasteiger partial charge is 0.0586 e. The molecule has 1 aromatic heterocycles.